The number of halogens is 2. The third-order valence-electron chi connectivity index (χ3n) is 5.06. The van der Waals surface area contributed by atoms with E-state index >= 15 is 0 Å². The number of hydrogen-bond acceptors (Lipinski definition) is 6. The monoisotopic (exact) mass is 428 g/mol. The number of pyridine rings is 1. The van der Waals surface area contributed by atoms with Gasteiger partial charge in [0.25, 0.3) is 0 Å². The molecular weight excluding hydrogens is 403 g/mol. The van der Waals surface area contributed by atoms with Crippen molar-refractivity contribution >= 4 is 42.2 Å². The summed E-state index contributed by atoms with van der Waals surface area (Å²) in [6.07, 6.45) is 5.60. The maximum atomic E-state index is 13.0. The van der Waals surface area contributed by atoms with Gasteiger partial charge >= 0.3 is 0 Å². The van der Waals surface area contributed by atoms with E-state index in [9.17, 15) is 4.79 Å². The number of ether oxygens (including phenoxy) is 1. The van der Waals surface area contributed by atoms with Gasteiger partial charge in [0.15, 0.2) is 5.82 Å². The fourth-order valence-electron chi connectivity index (χ4n) is 3.68. The standard InChI is InChI=1S/C18H24N6O2.2ClH/c1-23-12-13(9-21-23)14-10-19-11-15(14)18(25)22-16-3-2-4-20-17(16)24-5-7-26-8-6-24;;/h2-4,9,12,14-15,19H,5-8,10-11H2,1H3,(H,22,25);2*1H/t14-,15+;;/m1../s1. The Labute approximate surface area is 176 Å². The number of nitrogens with one attached hydrogen (secondary N) is 2. The van der Waals surface area contributed by atoms with Gasteiger partial charge in [-0.15, -0.1) is 24.8 Å². The molecule has 1 amide bonds. The van der Waals surface area contributed by atoms with Crippen LogP contribution in [0.15, 0.2) is 30.7 Å². The van der Waals surface area contributed by atoms with Crippen LogP contribution in [0, 0.1) is 5.92 Å². The second kappa shape index (κ2) is 10.1. The molecule has 0 bridgehead atoms. The average Bonchev–Trinajstić information content (AvgIpc) is 3.31. The number of nitrogens with zero attached hydrogens (tertiary/aromatic N) is 4. The largest absolute Gasteiger partial charge is 0.378 e. The summed E-state index contributed by atoms with van der Waals surface area (Å²) in [4.78, 5) is 19.6. The van der Waals surface area contributed by atoms with Crippen molar-refractivity contribution in [3.8, 4) is 0 Å². The highest BCUT2D eigenvalue weighted by molar-refractivity contribution is 5.96. The van der Waals surface area contributed by atoms with Crippen molar-refractivity contribution in [3.05, 3.63) is 36.3 Å². The lowest BCUT2D eigenvalue weighted by Crippen LogP contribution is -2.37. The molecule has 4 heterocycles. The highest BCUT2D eigenvalue weighted by atomic mass is 35.5. The van der Waals surface area contributed by atoms with Crippen molar-refractivity contribution in [2.24, 2.45) is 13.0 Å². The Hall–Kier alpha value is -1.87. The van der Waals surface area contributed by atoms with Crippen molar-refractivity contribution in [2.45, 2.75) is 5.92 Å². The first kappa shape index (κ1) is 22.4. The molecule has 2 aromatic heterocycles. The lowest BCUT2D eigenvalue weighted by Gasteiger charge is -2.29. The van der Waals surface area contributed by atoms with Gasteiger partial charge in [-0.05, 0) is 17.7 Å². The van der Waals surface area contributed by atoms with Gasteiger partial charge in [-0.25, -0.2) is 4.98 Å². The highest BCUT2D eigenvalue weighted by Gasteiger charge is 2.35. The maximum absolute atomic E-state index is 13.0. The summed E-state index contributed by atoms with van der Waals surface area (Å²) < 4.78 is 7.19. The van der Waals surface area contributed by atoms with Gasteiger partial charge in [0.1, 0.15) is 0 Å². The zero-order valence-corrected chi connectivity index (χ0v) is 17.3. The number of carbonyl (C=O) groups is 1. The predicted molar refractivity (Wildman–Crippen MR) is 113 cm³/mol. The lowest BCUT2D eigenvalue weighted by molar-refractivity contribution is -0.119. The van der Waals surface area contributed by atoms with Crippen LogP contribution in [0.1, 0.15) is 11.5 Å². The molecule has 0 saturated carbocycles. The Kier molecular flexibility index (Phi) is 8.06. The Morgan fingerprint density at radius 3 is 2.79 bits per heavy atom. The Morgan fingerprint density at radius 1 is 1.29 bits per heavy atom. The van der Waals surface area contributed by atoms with E-state index in [1.54, 1.807) is 10.9 Å². The van der Waals surface area contributed by atoms with Gasteiger partial charge in [0.2, 0.25) is 5.91 Å². The molecule has 10 heteroatoms. The van der Waals surface area contributed by atoms with Crippen molar-refractivity contribution in [2.75, 3.05) is 49.6 Å². The van der Waals surface area contributed by atoms with Crippen LogP contribution in [0.3, 0.4) is 0 Å². The quantitative estimate of drug-likeness (QED) is 0.766. The zero-order valence-electron chi connectivity index (χ0n) is 15.7. The molecule has 2 saturated heterocycles. The number of aromatic nitrogens is 3. The fraction of sp³-hybridized carbons (Fsp3) is 0.500. The normalized spacial score (nSPS) is 21.5. The average molecular weight is 429 g/mol. The third kappa shape index (κ3) is 4.75. The molecule has 4 rings (SSSR count). The summed E-state index contributed by atoms with van der Waals surface area (Å²) in [6.45, 7) is 4.37. The van der Waals surface area contributed by atoms with Crippen molar-refractivity contribution < 1.29 is 9.53 Å². The molecule has 0 unspecified atom stereocenters. The van der Waals surface area contributed by atoms with E-state index in [4.69, 9.17) is 4.74 Å². The maximum Gasteiger partial charge on any atom is 0.229 e. The fourth-order valence-corrected chi connectivity index (χ4v) is 3.68. The zero-order chi connectivity index (χ0) is 17.9. The molecule has 2 N–H and O–H groups in total. The Morgan fingerprint density at radius 2 is 2.07 bits per heavy atom. The van der Waals surface area contributed by atoms with Crippen LogP contribution in [0.4, 0.5) is 11.5 Å². The van der Waals surface area contributed by atoms with E-state index < -0.39 is 0 Å². The van der Waals surface area contributed by atoms with E-state index in [0.29, 0.717) is 19.8 Å². The Bertz CT molecular complexity index is 781. The molecule has 0 aromatic carbocycles. The van der Waals surface area contributed by atoms with E-state index in [-0.39, 0.29) is 42.6 Å². The first-order valence-corrected chi connectivity index (χ1v) is 9.00. The molecule has 28 heavy (non-hydrogen) atoms. The first-order chi connectivity index (χ1) is 12.7. The van der Waals surface area contributed by atoms with Gasteiger partial charge in [0.05, 0.1) is 31.0 Å². The number of carbonyl (C=O) groups excluding carboxylic acids is 1. The third-order valence-corrected chi connectivity index (χ3v) is 5.06. The minimum absolute atomic E-state index is 0. The van der Waals surface area contributed by atoms with Crippen molar-refractivity contribution in [1.29, 1.82) is 0 Å². The van der Waals surface area contributed by atoms with Crippen molar-refractivity contribution in [3.63, 3.8) is 0 Å². The molecule has 8 nitrogen and oxygen atoms in total. The van der Waals surface area contributed by atoms with Crippen LogP contribution >= 0.6 is 24.8 Å². The van der Waals surface area contributed by atoms with Gasteiger partial charge < -0.3 is 20.3 Å². The SMILES string of the molecule is Cl.Cl.Cn1cc([C@H]2CNC[C@@H]2C(=O)Nc2cccnc2N2CCOCC2)cn1. The topological polar surface area (TPSA) is 84.3 Å². The van der Waals surface area contributed by atoms with E-state index in [0.717, 1.165) is 36.7 Å². The van der Waals surface area contributed by atoms with Crippen LogP contribution in [-0.2, 0) is 16.6 Å². The molecule has 2 aliphatic rings. The van der Waals surface area contributed by atoms with Crippen LogP contribution in [-0.4, -0.2) is 60.1 Å². The van der Waals surface area contributed by atoms with Gasteiger partial charge in [-0.2, -0.15) is 5.10 Å². The van der Waals surface area contributed by atoms with Crippen LogP contribution in [0.2, 0.25) is 0 Å². The van der Waals surface area contributed by atoms with Crippen molar-refractivity contribution in [1.82, 2.24) is 20.1 Å². The molecule has 154 valence electrons. The summed E-state index contributed by atoms with van der Waals surface area (Å²) in [7, 11) is 1.89. The number of rotatable bonds is 4. The number of hydrogen-bond donors (Lipinski definition) is 2. The summed E-state index contributed by atoms with van der Waals surface area (Å²) in [6, 6.07) is 3.77. The minimum atomic E-state index is -0.128. The molecule has 2 atom stereocenters. The second-order valence-corrected chi connectivity index (χ2v) is 6.78. The van der Waals surface area contributed by atoms with Gasteiger partial charge in [0, 0.05) is 51.5 Å². The van der Waals surface area contributed by atoms with Crippen LogP contribution in [0.25, 0.3) is 0 Å². The number of aryl methyl sites for hydroxylation is 1. The summed E-state index contributed by atoms with van der Waals surface area (Å²) in [5.74, 6) is 0.837. The predicted octanol–water partition coefficient (Wildman–Crippen LogP) is 1.44. The van der Waals surface area contributed by atoms with Crippen LogP contribution in [0.5, 0.6) is 0 Å². The molecular formula is C18H26Cl2N6O2. The molecule has 0 radical (unpaired) electrons. The Balaban J connectivity index is 0.00000140. The van der Waals surface area contributed by atoms with E-state index in [1.165, 1.54) is 0 Å². The molecule has 2 aromatic rings. The number of anilines is 2. The molecule has 2 aliphatic heterocycles. The summed E-state index contributed by atoms with van der Waals surface area (Å²) >= 11 is 0. The summed E-state index contributed by atoms with van der Waals surface area (Å²) in [5, 5.41) is 10.7. The number of amides is 1. The van der Waals surface area contributed by atoms with Gasteiger partial charge in [-0.1, -0.05) is 0 Å². The summed E-state index contributed by atoms with van der Waals surface area (Å²) in [5.41, 5.74) is 1.86. The highest BCUT2D eigenvalue weighted by Crippen LogP contribution is 2.30. The number of morpholine rings is 1. The smallest absolute Gasteiger partial charge is 0.229 e. The van der Waals surface area contributed by atoms with E-state index in [1.807, 2.05) is 31.6 Å². The molecule has 2 fully saturated rings. The van der Waals surface area contributed by atoms with Gasteiger partial charge in [-0.3, -0.25) is 9.48 Å². The van der Waals surface area contributed by atoms with Crippen LogP contribution < -0.4 is 15.5 Å². The molecule has 0 aliphatic carbocycles. The lowest BCUT2D eigenvalue weighted by atomic mass is 9.90. The second-order valence-electron chi connectivity index (χ2n) is 6.78. The van der Waals surface area contributed by atoms with E-state index in [2.05, 4.69) is 25.6 Å². The minimum Gasteiger partial charge on any atom is -0.378 e. The molecule has 0 spiro atoms. The first-order valence-electron chi connectivity index (χ1n) is 9.00.